The minimum Gasteiger partial charge on any atom is -0.390 e. The molecule has 1 aromatic rings. The number of aromatic amines is 1. The van der Waals surface area contributed by atoms with Crippen LogP contribution in [0.5, 0.6) is 0 Å². The fourth-order valence-electron chi connectivity index (χ4n) is 1.97. The van der Waals surface area contributed by atoms with E-state index in [0.717, 1.165) is 0 Å². The van der Waals surface area contributed by atoms with E-state index < -0.39 is 36.9 Å². The van der Waals surface area contributed by atoms with Gasteiger partial charge in [-0.3, -0.25) is 14.3 Å². The van der Waals surface area contributed by atoms with Crippen molar-refractivity contribution in [3.8, 4) is 0 Å². The quantitative estimate of drug-likeness (QED) is 0.536. The number of nitrogens with zero attached hydrogens (tertiary/aromatic N) is 1. The summed E-state index contributed by atoms with van der Waals surface area (Å²) >= 11 is 3.59. The lowest BCUT2D eigenvalue weighted by Crippen LogP contribution is -2.33. The van der Waals surface area contributed by atoms with Crippen LogP contribution in [0.15, 0.2) is 15.8 Å². The van der Waals surface area contributed by atoms with Gasteiger partial charge in [-0.1, -0.05) is 0 Å². The molecule has 2 heterocycles. The van der Waals surface area contributed by atoms with Crippen LogP contribution in [0.1, 0.15) is 18.2 Å². The van der Waals surface area contributed by atoms with Crippen LogP contribution in [0.2, 0.25) is 0 Å². The van der Waals surface area contributed by atoms with Crippen molar-refractivity contribution in [2.24, 2.45) is 0 Å². The van der Waals surface area contributed by atoms with Crippen LogP contribution in [-0.2, 0) is 13.8 Å². The molecule has 8 nitrogen and oxygen atoms in total. The molecule has 4 atom stereocenters. The van der Waals surface area contributed by atoms with E-state index in [1.807, 2.05) is 0 Å². The molecule has 1 unspecified atom stereocenters. The lowest BCUT2D eigenvalue weighted by Gasteiger charge is -2.14. The molecule has 0 aromatic carbocycles. The molecule has 0 bridgehead atoms. The van der Waals surface area contributed by atoms with E-state index in [9.17, 15) is 19.3 Å². The zero-order chi connectivity index (χ0) is 14.9. The second-order valence-electron chi connectivity index (χ2n) is 4.44. The molecule has 0 amide bonds. The summed E-state index contributed by atoms with van der Waals surface area (Å²) in [5.74, 6) is 0. The van der Waals surface area contributed by atoms with Crippen molar-refractivity contribution in [2.75, 3.05) is 6.61 Å². The van der Waals surface area contributed by atoms with E-state index in [0.29, 0.717) is 5.56 Å². The number of aliphatic hydroxyl groups excluding tert-OH is 1. The summed E-state index contributed by atoms with van der Waals surface area (Å²) in [7, 11) is -2.08. The summed E-state index contributed by atoms with van der Waals surface area (Å²) in [6, 6.07) is 0. The second kappa shape index (κ2) is 6.19. The van der Waals surface area contributed by atoms with Gasteiger partial charge in [0.1, 0.15) is 31.2 Å². The summed E-state index contributed by atoms with van der Waals surface area (Å²) in [6.45, 7) is 1.47. The van der Waals surface area contributed by atoms with Crippen LogP contribution in [0.25, 0.3) is 0 Å². The summed E-state index contributed by atoms with van der Waals surface area (Å²) in [5, 5.41) is 9.84. The average Bonchev–Trinajstić information content (AvgIpc) is 2.72. The van der Waals surface area contributed by atoms with Gasteiger partial charge in [-0.25, -0.2) is 4.79 Å². The Morgan fingerprint density at radius 3 is 3.00 bits per heavy atom. The molecule has 10 heteroatoms. The zero-order valence-electron chi connectivity index (χ0n) is 10.6. The minimum absolute atomic E-state index is 0.0898. The van der Waals surface area contributed by atoms with E-state index in [1.54, 1.807) is 6.92 Å². The molecule has 2 N–H and O–H groups in total. The lowest BCUT2D eigenvalue weighted by atomic mass is 10.2. The molecule has 2 rings (SSSR count). The van der Waals surface area contributed by atoms with Crippen molar-refractivity contribution >= 4 is 19.5 Å². The van der Waals surface area contributed by atoms with Crippen molar-refractivity contribution in [1.29, 1.82) is 0 Å². The van der Waals surface area contributed by atoms with Crippen LogP contribution >= 0.6 is 19.5 Å². The molecular formula is C10H14N2O6PS+. The standard InChI is InChI=1S/C10H13N2O6PS/c1-5-3-12(10(15)11-9(5)14)8-2-6(13)7(18-8)4-17-19(16)20/h3,6-8,13H,2,4H2,1H3,(H-,11,14,15,16,20)/p+1/t6-,7+,8+/m0/s1. The number of aryl methyl sites for hydroxylation is 1. The number of hydrogen-bond acceptors (Lipinski definition) is 6. The van der Waals surface area contributed by atoms with Gasteiger partial charge in [0.15, 0.2) is 0 Å². The molecular weight excluding hydrogens is 307 g/mol. The first-order valence-corrected chi connectivity index (χ1v) is 8.16. The van der Waals surface area contributed by atoms with Gasteiger partial charge in [0.05, 0.1) is 6.10 Å². The van der Waals surface area contributed by atoms with Crippen molar-refractivity contribution < 1.29 is 18.9 Å². The topological polar surface area (TPSA) is 111 Å². The molecule has 1 aliphatic rings. The number of thiol groups is 1. The Kier molecular flexibility index (Phi) is 4.77. The molecule has 1 saturated heterocycles. The SMILES string of the molecule is Cc1cn([C@H]2C[C@H](O)[C@@H](CO[P+](=O)S)O2)c(=O)[nH]c1=O. The van der Waals surface area contributed by atoms with Crippen LogP contribution in [0, 0.1) is 6.92 Å². The molecule has 0 aliphatic carbocycles. The van der Waals surface area contributed by atoms with E-state index in [1.165, 1.54) is 10.8 Å². The largest absolute Gasteiger partial charge is 0.582 e. The van der Waals surface area contributed by atoms with Crippen molar-refractivity contribution in [3.63, 3.8) is 0 Å². The predicted octanol–water partition coefficient (Wildman–Crippen LogP) is 0.0972. The molecule has 0 radical (unpaired) electrons. The van der Waals surface area contributed by atoms with E-state index in [2.05, 4.69) is 17.2 Å². The van der Waals surface area contributed by atoms with E-state index in [-0.39, 0.29) is 13.0 Å². The number of rotatable bonds is 4. The number of H-pyrrole nitrogens is 1. The average molecular weight is 321 g/mol. The molecule has 0 saturated carbocycles. The number of hydrogen-bond donors (Lipinski definition) is 3. The Labute approximate surface area is 119 Å². The summed E-state index contributed by atoms with van der Waals surface area (Å²) in [6.07, 6.45) is -0.726. The van der Waals surface area contributed by atoms with Gasteiger partial charge in [-0.15, -0.1) is 4.52 Å². The Hall–Kier alpha value is -0.990. The lowest BCUT2D eigenvalue weighted by molar-refractivity contribution is -0.0393. The van der Waals surface area contributed by atoms with Crippen LogP contribution in [0.3, 0.4) is 0 Å². The third kappa shape index (κ3) is 3.36. The molecule has 1 fully saturated rings. The molecule has 20 heavy (non-hydrogen) atoms. The number of nitrogens with one attached hydrogen (secondary N) is 1. The van der Waals surface area contributed by atoms with E-state index in [4.69, 9.17) is 9.26 Å². The van der Waals surface area contributed by atoms with Crippen molar-refractivity contribution in [1.82, 2.24) is 9.55 Å². The molecule has 1 aliphatic heterocycles. The monoisotopic (exact) mass is 321 g/mol. The molecule has 1 aromatic heterocycles. The van der Waals surface area contributed by atoms with Crippen molar-refractivity contribution in [2.45, 2.75) is 31.8 Å². The van der Waals surface area contributed by atoms with Gasteiger partial charge < -0.3 is 9.84 Å². The highest BCUT2D eigenvalue weighted by Crippen LogP contribution is 2.32. The highest BCUT2D eigenvalue weighted by Gasteiger charge is 2.37. The maximum absolute atomic E-state index is 11.7. The van der Waals surface area contributed by atoms with Crippen molar-refractivity contribution in [3.05, 3.63) is 32.6 Å². The van der Waals surface area contributed by atoms with Gasteiger partial charge in [-0.2, -0.15) is 0 Å². The Morgan fingerprint density at radius 2 is 2.35 bits per heavy atom. The summed E-state index contributed by atoms with van der Waals surface area (Å²) < 4.78 is 22.2. The summed E-state index contributed by atoms with van der Waals surface area (Å²) in [4.78, 5) is 25.2. The minimum atomic E-state index is -2.08. The number of aromatic nitrogens is 2. The highest BCUT2D eigenvalue weighted by atomic mass is 32.7. The van der Waals surface area contributed by atoms with Gasteiger partial charge in [-0.05, 0) is 11.5 Å². The fourth-order valence-corrected chi connectivity index (χ4v) is 2.45. The number of ether oxygens (including phenoxy) is 1. The zero-order valence-corrected chi connectivity index (χ0v) is 12.3. The maximum Gasteiger partial charge on any atom is 0.582 e. The van der Waals surface area contributed by atoms with Gasteiger partial charge in [0.2, 0.25) is 0 Å². The number of aliphatic hydroxyl groups is 1. The van der Waals surface area contributed by atoms with E-state index >= 15 is 0 Å². The fraction of sp³-hybridized carbons (Fsp3) is 0.600. The Morgan fingerprint density at radius 1 is 1.65 bits per heavy atom. The second-order valence-corrected chi connectivity index (χ2v) is 6.16. The van der Waals surface area contributed by atoms with Crippen LogP contribution in [-0.4, -0.2) is 33.5 Å². The highest BCUT2D eigenvalue weighted by molar-refractivity contribution is 8.39. The third-order valence-electron chi connectivity index (χ3n) is 3.01. The predicted molar refractivity (Wildman–Crippen MR) is 73.1 cm³/mol. The molecule has 0 spiro atoms. The Balaban J connectivity index is 2.16. The third-order valence-corrected chi connectivity index (χ3v) is 3.73. The van der Waals surface area contributed by atoms with Gasteiger partial charge >= 0.3 is 12.9 Å². The Bertz CT molecular complexity index is 629. The van der Waals surface area contributed by atoms with Gasteiger partial charge in [0, 0.05) is 18.2 Å². The first-order chi connectivity index (χ1) is 9.38. The summed E-state index contributed by atoms with van der Waals surface area (Å²) in [5.41, 5.74) is -0.711. The van der Waals surface area contributed by atoms with Crippen LogP contribution < -0.4 is 11.2 Å². The smallest absolute Gasteiger partial charge is 0.390 e. The van der Waals surface area contributed by atoms with Gasteiger partial charge in [0.25, 0.3) is 5.56 Å². The first kappa shape index (κ1) is 15.4. The normalized spacial score (nSPS) is 26.8. The first-order valence-electron chi connectivity index (χ1n) is 5.83. The molecule has 110 valence electrons. The maximum atomic E-state index is 11.7. The van der Waals surface area contributed by atoms with Crippen LogP contribution in [0.4, 0.5) is 0 Å².